The van der Waals surface area contributed by atoms with Gasteiger partial charge in [0, 0.05) is 10.8 Å². The van der Waals surface area contributed by atoms with Gasteiger partial charge < -0.3 is 9.14 Å². The van der Waals surface area contributed by atoms with E-state index in [4.69, 9.17) is 4.74 Å². The van der Waals surface area contributed by atoms with Crippen LogP contribution >= 0.6 is 0 Å². The summed E-state index contributed by atoms with van der Waals surface area (Å²) in [6.07, 6.45) is 0. The summed E-state index contributed by atoms with van der Waals surface area (Å²) in [6.45, 7) is 5.70. The molecule has 0 unspecified atom stereocenters. The minimum absolute atomic E-state index is 0.295. The van der Waals surface area contributed by atoms with Gasteiger partial charge in [0.05, 0.1) is 22.3 Å². The highest BCUT2D eigenvalue weighted by Crippen LogP contribution is 2.37. The Morgan fingerprint density at radius 2 is 1.43 bits per heavy atom. The number of rotatable bonds is 2. The molecular formula is C27H23NO2. The smallest absolute Gasteiger partial charge is 0.341 e. The number of para-hydroxylation sites is 1. The Bertz CT molecular complexity index is 1410. The maximum absolute atomic E-state index is 13.4. The van der Waals surface area contributed by atoms with Crippen LogP contribution < -0.4 is 0 Å². The summed E-state index contributed by atoms with van der Waals surface area (Å²) in [6, 6.07) is 28.8. The summed E-state index contributed by atoms with van der Waals surface area (Å²) in [5.74, 6) is -0.295. The molecule has 0 aliphatic carbocycles. The first-order chi connectivity index (χ1) is 14.4. The molecule has 148 valence electrons. The summed E-state index contributed by atoms with van der Waals surface area (Å²) in [4.78, 5) is 13.4. The average Bonchev–Trinajstić information content (AvgIpc) is 3.08. The van der Waals surface area contributed by atoms with Crippen molar-refractivity contribution in [3.63, 3.8) is 0 Å². The van der Waals surface area contributed by atoms with Gasteiger partial charge in [0.15, 0.2) is 0 Å². The van der Waals surface area contributed by atoms with Gasteiger partial charge in [-0.3, -0.25) is 0 Å². The van der Waals surface area contributed by atoms with E-state index in [9.17, 15) is 4.79 Å². The van der Waals surface area contributed by atoms with Crippen LogP contribution in [0.3, 0.4) is 0 Å². The molecule has 0 bridgehead atoms. The number of esters is 1. The molecule has 0 amide bonds. The lowest BCUT2D eigenvalue weighted by atomic mass is 10.0. The van der Waals surface area contributed by atoms with Gasteiger partial charge >= 0.3 is 5.97 Å². The van der Waals surface area contributed by atoms with Crippen molar-refractivity contribution < 1.29 is 9.53 Å². The molecule has 2 heterocycles. The van der Waals surface area contributed by atoms with Crippen LogP contribution in [0.25, 0.3) is 38.4 Å². The van der Waals surface area contributed by atoms with Crippen LogP contribution in [-0.4, -0.2) is 16.0 Å². The predicted molar refractivity (Wildman–Crippen MR) is 123 cm³/mol. The monoisotopic (exact) mass is 393 g/mol. The molecule has 5 aromatic rings. The fourth-order valence-electron chi connectivity index (χ4n) is 4.15. The number of hydrogen-bond donors (Lipinski definition) is 0. The van der Waals surface area contributed by atoms with Gasteiger partial charge in [-0.25, -0.2) is 4.79 Å². The standard InChI is InChI=1S/C27H23NO2/c1-27(2,3)30-26(29)24-21-15-9-10-16-22(21)28-23(18-11-5-4-6-12-18)17-19-13-7-8-14-20(19)25(24)28/h4-17H,1-3H3. The van der Waals surface area contributed by atoms with Gasteiger partial charge in [-0.1, -0.05) is 72.8 Å². The maximum Gasteiger partial charge on any atom is 0.341 e. The molecule has 2 aromatic heterocycles. The predicted octanol–water partition coefficient (Wildman–Crippen LogP) is 6.87. The molecule has 0 atom stereocenters. The van der Waals surface area contributed by atoms with Gasteiger partial charge in [-0.15, -0.1) is 0 Å². The van der Waals surface area contributed by atoms with Crippen LogP contribution in [0.5, 0.6) is 0 Å². The Balaban J connectivity index is 1.99. The third-order valence-corrected chi connectivity index (χ3v) is 5.30. The van der Waals surface area contributed by atoms with Crippen molar-refractivity contribution in [1.82, 2.24) is 4.40 Å². The Morgan fingerprint density at radius 1 is 0.800 bits per heavy atom. The number of pyridine rings is 1. The Morgan fingerprint density at radius 3 is 2.17 bits per heavy atom. The normalized spacial score (nSPS) is 12.0. The number of benzene rings is 3. The molecule has 0 fully saturated rings. The highest BCUT2D eigenvalue weighted by molar-refractivity contribution is 6.19. The Hall–Kier alpha value is -3.59. The molecule has 0 saturated heterocycles. The van der Waals surface area contributed by atoms with Crippen molar-refractivity contribution in [3.05, 3.63) is 90.5 Å². The number of carbonyl (C=O) groups excluding carboxylic acids is 1. The zero-order valence-electron chi connectivity index (χ0n) is 17.3. The van der Waals surface area contributed by atoms with E-state index >= 15 is 0 Å². The summed E-state index contributed by atoms with van der Waals surface area (Å²) < 4.78 is 8.04. The molecule has 3 aromatic carbocycles. The quantitative estimate of drug-likeness (QED) is 0.306. The van der Waals surface area contributed by atoms with Gasteiger partial charge in [-0.2, -0.15) is 0 Å². The summed E-state index contributed by atoms with van der Waals surface area (Å²) >= 11 is 0. The molecule has 0 spiro atoms. The SMILES string of the molecule is CC(C)(C)OC(=O)c1c2ccccc2n2c(-c3ccccc3)cc3ccccc3c12. The number of fused-ring (bicyclic) bond motifs is 5. The number of aromatic nitrogens is 1. The topological polar surface area (TPSA) is 30.7 Å². The molecule has 0 radical (unpaired) electrons. The van der Waals surface area contributed by atoms with Crippen molar-refractivity contribution >= 4 is 33.2 Å². The minimum atomic E-state index is -0.570. The zero-order valence-corrected chi connectivity index (χ0v) is 17.3. The van der Waals surface area contributed by atoms with E-state index in [0.717, 1.165) is 38.4 Å². The molecule has 0 aliphatic rings. The van der Waals surface area contributed by atoms with Gasteiger partial charge in [0.1, 0.15) is 5.60 Å². The number of ether oxygens (including phenoxy) is 1. The fourth-order valence-corrected chi connectivity index (χ4v) is 4.15. The second-order valence-corrected chi connectivity index (χ2v) is 8.56. The van der Waals surface area contributed by atoms with E-state index in [1.165, 1.54) is 0 Å². The van der Waals surface area contributed by atoms with Crippen molar-refractivity contribution in [2.24, 2.45) is 0 Å². The van der Waals surface area contributed by atoms with Gasteiger partial charge in [0.25, 0.3) is 0 Å². The van der Waals surface area contributed by atoms with Crippen molar-refractivity contribution in [3.8, 4) is 11.3 Å². The zero-order chi connectivity index (χ0) is 20.9. The summed E-state index contributed by atoms with van der Waals surface area (Å²) in [5.41, 5.74) is 4.09. The first-order valence-corrected chi connectivity index (χ1v) is 10.2. The number of carbonyl (C=O) groups is 1. The fraction of sp³-hybridized carbons (Fsp3) is 0.148. The lowest BCUT2D eigenvalue weighted by molar-refractivity contribution is 0.00741. The second-order valence-electron chi connectivity index (χ2n) is 8.56. The molecular weight excluding hydrogens is 370 g/mol. The van der Waals surface area contributed by atoms with Crippen LogP contribution in [0, 0.1) is 0 Å². The average molecular weight is 393 g/mol. The van der Waals surface area contributed by atoms with Crippen LogP contribution in [0.4, 0.5) is 0 Å². The minimum Gasteiger partial charge on any atom is -0.456 e. The Labute approximate surface area is 175 Å². The third kappa shape index (κ3) is 2.94. The van der Waals surface area contributed by atoms with Crippen LogP contribution in [0.15, 0.2) is 84.9 Å². The molecule has 0 saturated carbocycles. The number of nitrogens with zero attached hydrogens (tertiary/aromatic N) is 1. The largest absolute Gasteiger partial charge is 0.456 e. The third-order valence-electron chi connectivity index (χ3n) is 5.30. The first-order valence-electron chi connectivity index (χ1n) is 10.2. The lowest BCUT2D eigenvalue weighted by Gasteiger charge is -2.19. The van der Waals surface area contributed by atoms with Crippen LogP contribution in [-0.2, 0) is 4.74 Å². The lowest BCUT2D eigenvalue weighted by Crippen LogP contribution is -2.24. The van der Waals surface area contributed by atoms with E-state index < -0.39 is 5.60 Å². The van der Waals surface area contributed by atoms with E-state index in [2.05, 4.69) is 40.8 Å². The molecule has 3 heteroatoms. The van der Waals surface area contributed by atoms with Crippen LogP contribution in [0.1, 0.15) is 31.1 Å². The molecule has 5 rings (SSSR count). The highest BCUT2D eigenvalue weighted by Gasteiger charge is 2.26. The van der Waals surface area contributed by atoms with Crippen molar-refractivity contribution in [2.45, 2.75) is 26.4 Å². The number of hydrogen-bond acceptors (Lipinski definition) is 2. The summed E-state index contributed by atoms with van der Waals surface area (Å²) in [5, 5.41) is 3.03. The molecule has 3 nitrogen and oxygen atoms in total. The van der Waals surface area contributed by atoms with Crippen molar-refractivity contribution in [2.75, 3.05) is 0 Å². The molecule has 30 heavy (non-hydrogen) atoms. The van der Waals surface area contributed by atoms with Crippen molar-refractivity contribution in [1.29, 1.82) is 0 Å². The van der Waals surface area contributed by atoms with E-state index in [1.807, 2.05) is 69.3 Å². The van der Waals surface area contributed by atoms with E-state index in [1.54, 1.807) is 0 Å². The molecule has 0 N–H and O–H groups in total. The summed E-state index contributed by atoms with van der Waals surface area (Å²) in [7, 11) is 0. The van der Waals surface area contributed by atoms with Gasteiger partial charge in [-0.05, 0) is 43.9 Å². The van der Waals surface area contributed by atoms with Crippen LogP contribution in [0.2, 0.25) is 0 Å². The van der Waals surface area contributed by atoms with Gasteiger partial charge in [0.2, 0.25) is 0 Å². The maximum atomic E-state index is 13.4. The first kappa shape index (κ1) is 18.4. The second kappa shape index (κ2) is 6.74. The highest BCUT2D eigenvalue weighted by atomic mass is 16.6. The van der Waals surface area contributed by atoms with E-state index in [0.29, 0.717) is 5.56 Å². The Kier molecular flexibility index (Phi) is 4.14. The van der Waals surface area contributed by atoms with E-state index in [-0.39, 0.29) is 5.97 Å². The molecule has 0 aliphatic heterocycles.